The molecule has 1 aromatic rings. The number of halogens is 1. The van der Waals surface area contributed by atoms with Crippen molar-refractivity contribution in [2.24, 2.45) is 106 Å². The van der Waals surface area contributed by atoms with Gasteiger partial charge in [0.15, 0.2) is 5.78 Å². The van der Waals surface area contributed by atoms with E-state index in [0.717, 1.165) is 103 Å². The number of nitrogens with zero attached hydrogens (tertiary/aromatic N) is 3. The Balaban J connectivity index is 0.000000200. The number of hydrogen-bond acceptors (Lipinski definition) is 8. The summed E-state index contributed by atoms with van der Waals surface area (Å²) in [5.41, 5.74) is -0.507. The van der Waals surface area contributed by atoms with Crippen molar-refractivity contribution in [3.63, 3.8) is 0 Å². The molecule has 10 saturated carbocycles. The predicted octanol–water partition coefficient (Wildman–Crippen LogP) is 3.82. The SMILES string of the molecule is C[C@@]1(O)CC[C@H]2[C@H](CC[C@@H]3[C@@H]2CC[C@@]2(C)[C@H]3[C@H](C3CC3)C[C@@H]2C(=O)CBr)C1.O=CO[O-].[C-]#[N+]c1ccn(CC(=O)[C@H]2C[C@@H](C3CC3)[C@H]3[C@@H]4CC[C@@H]5C[C@](C)(O)CC[C@@H]5[C@H]4CC[C@@]32C)n1.[H-].[K+].[K+]. The molecule has 0 unspecified atom stereocenters. The molecule has 10 aliphatic rings. The molecule has 66 heavy (non-hydrogen) atoms. The summed E-state index contributed by atoms with van der Waals surface area (Å²) in [6, 6.07) is 1.71. The van der Waals surface area contributed by atoms with Gasteiger partial charge in [-0.25, -0.2) is 0 Å². The van der Waals surface area contributed by atoms with Crippen LogP contribution in [0.4, 0.5) is 5.82 Å². The summed E-state index contributed by atoms with van der Waals surface area (Å²) in [5.74, 6) is 12.8. The van der Waals surface area contributed by atoms with Gasteiger partial charge in [0.05, 0.1) is 16.5 Å². The van der Waals surface area contributed by atoms with Crippen molar-refractivity contribution in [3.05, 3.63) is 23.7 Å². The van der Waals surface area contributed by atoms with Crippen LogP contribution in [0.1, 0.15) is 158 Å². The molecule has 356 valence electrons. The molecule has 0 radical (unpaired) electrons. The van der Waals surface area contributed by atoms with Crippen molar-refractivity contribution in [2.45, 2.75) is 174 Å². The Morgan fingerprint density at radius 2 is 1.15 bits per heavy atom. The Bertz CT molecular complexity index is 1940. The summed E-state index contributed by atoms with van der Waals surface area (Å²) in [6.45, 7) is 16.4. The van der Waals surface area contributed by atoms with E-state index in [4.69, 9.17) is 16.6 Å². The van der Waals surface area contributed by atoms with Gasteiger partial charge in [-0.15, -0.1) is 0 Å². The van der Waals surface area contributed by atoms with Crippen LogP contribution in [0.25, 0.3) is 4.85 Å². The predicted molar refractivity (Wildman–Crippen MR) is 246 cm³/mol. The van der Waals surface area contributed by atoms with Crippen molar-refractivity contribution >= 4 is 39.8 Å². The molecule has 0 amide bonds. The molecule has 2 N–H and O–H groups in total. The van der Waals surface area contributed by atoms with Crippen LogP contribution in [0.15, 0.2) is 12.3 Å². The third-order valence-electron chi connectivity index (χ3n) is 21.1. The molecule has 0 aromatic carbocycles. The van der Waals surface area contributed by atoms with Gasteiger partial charge in [0, 0.05) is 18.0 Å². The quantitative estimate of drug-likeness (QED) is 0.100. The van der Waals surface area contributed by atoms with E-state index in [2.05, 4.69) is 51.5 Å². The van der Waals surface area contributed by atoms with Gasteiger partial charge in [0.2, 0.25) is 0 Å². The molecule has 10 aliphatic carbocycles. The van der Waals surface area contributed by atoms with Gasteiger partial charge in [-0.3, -0.25) is 14.4 Å². The summed E-state index contributed by atoms with van der Waals surface area (Å²) in [4.78, 5) is 41.1. The van der Waals surface area contributed by atoms with Crippen LogP contribution in [0.5, 0.6) is 0 Å². The Morgan fingerprint density at radius 3 is 1.55 bits per heavy atom. The summed E-state index contributed by atoms with van der Waals surface area (Å²) < 4.78 is 1.68. The number of ketones is 2. The maximum atomic E-state index is 13.7. The summed E-state index contributed by atoms with van der Waals surface area (Å²) in [5, 5.41) is 34.6. The van der Waals surface area contributed by atoms with Crippen LogP contribution in [-0.4, -0.2) is 54.6 Å². The second-order valence-corrected chi connectivity index (χ2v) is 25.2. The van der Waals surface area contributed by atoms with Crippen LogP contribution in [0.3, 0.4) is 0 Å². The average molecular weight is 1030 g/mol. The third kappa shape index (κ3) is 10.9. The number of Topliss-reactive ketones (excluding diaryl/α,β-unsaturated/α-hetero) is 2. The maximum Gasteiger partial charge on any atom is 1.00 e. The molecule has 0 aliphatic heterocycles. The van der Waals surface area contributed by atoms with E-state index in [9.17, 15) is 19.8 Å². The molecular formula is C53H78BrK2N3O7. The normalized spacial score (nSPS) is 46.0. The minimum atomic E-state index is -0.460. The third-order valence-corrected chi connectivity index (χ3v) is 21.6. The van der Waals surface area contributed by atoms with Crippen LogP contribution < -0.4 is 108 Å². The molecule has 0 bridgehead atoms. The minimum absolute atomic E-state index is 0. The molecule has 10 nitrogen and oxygen atoms in total. The van der Waals surface area contributed by atoms with Crippen molar-refractivity contribution in [1.29, 1.82) is 0 Å². The first-order chi connectivity index (χ1) is 30.5. The Hall–Kier alpha value is 1.14. The Morgan fingerprint density at radius 1 is 0.727 bits per heavy atom. The van der Waals surface area contributed by atoms with Gasteiger partial charge < -0.3 is 26.6 Å². The molecule has 10 fully saturated rings. The second-order valence-electron chi connectivity index (χ2n) is 24.6. The number of aliphatic hydroxyl groups is 2. The van der Waals surface area contributed by atoms with Crippen LogP contribution in [0, 0.1) is 112 Å². The molecule has 1 heterocycles. The first-order valence-corrected chi connectivity index (χ1v) is 26.9. The number of rotatable bonds is 8. The van der Waals surface area contributed by atoms with Crippen LogP contribution in [0.2, 0.25) is 0 Å². The maximum absolute atomic E-state index is 13.7. The van der Waals surface area contributed by atoms with Crippen LogP contribution >= 0.6 is 15.9 Å². The van der Waals surface area contributed by atoms with Crippen molar-refractivity contribution in [2.75, 3.05) is 5.33 Å². The standard InChI is InChI=1S/C28H39N3O2.C24H37BrO2.CH2O3.2K.H/c1-27(33)11-8-19-18(15-27)6-7-21-20(19)9-12-28(2)23(14-22(26(21)28)17-4-5-17)24(32)16-31-13-10-25(29-3)30-31;1-23(27)9-7-16-15(12-23)5-6-18-17(16)8-10-24(2)20(21(26)13-25)11-19(22(18)24)14-3-4-14;2-1-4-3;;;/h10,13,17-23,26,33H,4-9,11-12,14-16H2,1-2H3;14-20,22,27H,3-13H2,1-2H3;1,3H;;;/q;;;2*+1;-1/p-1/t18-,19+,20-,21-,22+,23-,26-,27-,28-;15-,16+,17-,18-,19+,20-,22-,23-,24-;;;;/m11..../s1. The first kappa shape index (κ1) is 54.9. The van der Waals surface area contributed by atoms with E-state index < -0.39 is 11.2 Å². The Kier molecular flexibility index (Phi) is 18.2. The molecule has 0 spiro atoms. The van der Waals surface area contributed by atoms with E-state index in [1.54, 1.807) is 16.9 Å². The van der Waals surface area contributed by atoms with E-state index in [0.29, 0.717) is 47.0 Å². The largest absolute Gasteiger partial charge is 1.00 e. The average Bonchev–Trinajstić information content (AvgIpc) is 4.20. The number of carbonyl (C=O) groups excluding carboxylic acids is 3. The fourth-order valence-corrected chi connectivity index (χ4v) is 18.8. The van der Waals surface area contributed by atoms with E-state index in [-0.39, 0.29) is 127 Å². The monoisotopic (exact) mass is 1030 g/mol. The second kappa shape index (κ2) is 21.9. The molecule has 11 rings (SSSR count). The van der Waals surface area contributed by atoms with Gasteiger partial charge >= 0.3 is 103 Å². The van der Waals surface area contributed by atoms with Gasteiger partial charge in [-0.1, -0.05) is 36.3 Å². The van der Waals surface area contributed by atoms with Gasteiger partial charge in [-0.2, -0.15) is 4.68 Å². The van der Waals surface area contributed by atoms with Crippen molar-refractivity contribution in [1.82, 2.24) is 9.78 Å². The Labute approximate surface area is 490 Å². The van der Waals surface area contributed by atoms with Crippen LogP contribution in [-0.2, 0) is 25.8 Å². The number of carbonyl (C=O) groups is 3. The number of aromatic nitrogens is 2. The van der Waals surface area contributed by atoms with E-state index in [1.165, 1.54) is 96.3 Å². The number of hydrogen-bond donors (Lipinski definition) is 2. The smallest absolute Gasteiger partial charge is 1.00 e. The topological polar surface area (TPSA) is 146 Å². The molecule has 13 heteroatoms. The zero-order chi connectivity index (χ0) is 45.3. The van der Waals surface area contributed by atoms with Crippen molar-refractivity contribution < 1.29 is 139 Å². The molecule has 1 aromatic heterocycles. The van der Waals surface area contributed by atoms with E-state index in [1.807, 2.05) is 6.92 Å². The minimum Gasteiger partial charge on any atom is -1.00 e. The zero-order valence-corrected chi connectivity index (χ0v) is 49.0. The van der Waals surface area contributed by atoms with Gasteiger partial charge in [0.1, 0.15) is 12.3 Å². The summed E-state index contributed by atoms with van der Waals surface area (Å²) in [6.07, 6.45) is 26.3. The molecule has 0 saturated heterocycles. The van der Waals surface area contributed by atoms with Crippen molar-refractivity contribution in [3.8, 4) is 0 Å². The van der Waals surface area contributed by atoms with Gasteiger partial charge in [-0.05, 0) is 247 Å². The summed E-state index contributed by atoms with van der Waals surface area (Å²) >= 11 is 3.49. The fraction of sp³-hybridized carbons (Fsp3) is 0.868. The fourth-order valence-electron chi connectivity index (χ4n) is 18.4. The number of fused-ring (bicyclic) bond motifs is 10. The summed E-state index contributed by atoms with van der Waals surface area (Å²) in [7, 11) is 0. The van der Waals surface area contributed by atoms with Gasteiger partial charge in [0.25, 0.3) is 12.3 Å². The first-order valence-electron chi connectivity index (χ1n) is 25.7. The molecule has 18 atom stereocenters. The zero-order valence-electron chi connectivity index (χ0n) is 42.2. The number of alkyl halides is 1. The molecular weight excluding hydrogens is 949 g/mol. The van der Waals surface area contributed by atoms with E-state index >= 15 is 0 Å².